The number of nitrogens with one attached hydrogen (secondary N) is 1. The molecule has 1 atom stereocenters. The van der Waals surface area contributed by atoms with Gasteiger partial charge in [-0.1, -0.05) is 12.8 Å². The van der Waals surface area contributed by atoms with Crippen LogP contribution in [0.25, 0.3) is 0 Å². The van der Waals surface area contributed by atoms with Crippen LogP contribution in [0.4, 0.5) is 10.1 Å². The van der Waals surface area contributed by atoms with E-state index >= 15 is 0 Å². The van der Waals surface area contributed by atoms with Crippen molar-refractivity contribution in [2.75, 3.05) is 5.32 Å². The maximum atomic E-state index is 13.4. The Labute approximate surface area is 108 Å². The van der Waals surface area contributed by atoms with Crippen LogP contribution >= 0.6 is 15.9 Å². The first-order valence-corrected chi connectivity index (χ1v) is 6.76. The average Bonchev–Trinajstić information content (AvgIpc) is 2.84. The Morgan fingerprint density at radius 3 is 2.71 bits per heavy atom. The van der Waals surface area contributed by atoms with Crippen molar-refractivity contribution in [1.82, 2.24) is 0 Å². The molecule has 17 heavy (non-hydrogen) atoms. The molecule has 1 aliphatic carbocycles. The van der Waals surface area contributed by atoms with Crippen LogP contribution in [0, 0.1) is 11.7 Å². The average molecular weight is 298 g/mol. The molecule has 1 aromatic rings. The largest absolute Gasteiger partial charge is 0.324 e. The Morgan fingerprint density at radius 2 is 2.00 bits per heavy atom. The molecule has 1 N–H and O–H groups in total. The standard InChI is InChI=1S/C13H13BrFNO/c14-10-6-8(15)5-9-11(7-3-1-2-4-7)13(17)16-12(9)10/h5-7,11H,1-4H2,(H,16,17). The highest BCUT2D eigenvalue weighted by Gasteiger charge is 2.39. The van der Waals surface area contributed by atoms with E-state index in [1.54, 1.807) is 0 Å². The topological polar surface area (TPSA) is 29.1 Å². The van der Waals surface area contributed by atoms with E-state index in [2.05, 4.69) is 21.2 Å². The van der Waals surface area contributed by atoms with E-state index in [-0.39, 0.29) is 17.6 Å². The number of halogens is 2. The lowest BCUT2D eigenvalue weighted by atomic mass is 9.86. The van der Waals surface area contributed by atoms with Crippen molar-refractivity contribution in [2.24, 2.45) is 5.92 Å². The highest BCUT2D eigenvalue weighted by Crippen LogP contribution is 2.46. The molecule has 1 fully saturated rings. The molecular formula is C13H13BrFNO. The van der Waals surface area contributed by atoms with Crippen molar-refractivity contribution in [2.45, 2.75) is 31.6 Å². The molecule has 0 aromatic heterocycles. The lowest BCUT2D eigenvalue weighted by Gasteiger charge is -2.16. The summed E-state index contributed by atoms with van der Waals surface area (Å²) in [5.74, 6) is -0.0298. The summed E-state index contributed by atoms with van der Waals surface area (Å²) in [6, 6.07) is 2.90. The van der Waals surface area contributed by atoms with Crippen molar-refractivity contribution < 1.29 is 9.18 Å². The van der Waals surface area contributed by atoms with Gasteiger partial charge >= 0.3 is 0 Å². The van der Waals surface area contributed by atoms with E-state index in [1.165, 1.54) is 25.0 Å². The minimum absolute atomic E-state index is 0.0261. The summed E-state index contributed by atoms with van der Waals surface area (Å²) in [4.78, 5) is 12.0. The first kappa shape index (κ1) is 11.2. The fourth-order valence-corrected chi connectivity index (χ4v) is 3.62. The molecule has 4 heteroatoms. The predicted molar refractivity (Wildman–Crippen MR) is 67.4 cm³/mol. The zero-order chi connectivity index (χ0) is 12.0. The SMILES string of the molecule is O=C1Nc2c(Br)cc(F)cc2C1C1CCCC1. The molecule has 1 heterocycles. The minimum atomic E-state index is -0.282. The lowest BCUT2D eigenvalue weighted by molar-refractivity contribution is -0.118. The molecule has 1 saturated carbocycles. The van der Waals surface area contributed by atoms with Gasteiger partial charge in [-0.05, 0) is 52.4 Å². The van der Waals surface area contributed by atoms with Gasteiger partial charge in [0, 0.05) is 4.47 Å². The third-order valence-electron chi connectivity index (χ3n) is 3.82. The first-order valence-electron chi connectivity index (χ1n) is 5.96. The van der Waals surface area contributed by atoms with Crippen molar-refractivity contribution >= 4 is 27.5 Å². The smallest absolute Gasteiger partial charge is 0.232 e. The predicted octanol–water partition coefficient (Wildman–Crippen LogP) is 3.81. The quantitative estimate of drug-likeness (QED) is 0.839. The maximum Gasteiger partial charge on any atom is 0.232 e. The van der Waals surface area contributed by atoms with Crippen LogP contribution in [0.3, 0.4) is 0 Å². The molecule has 1 aliphatic heterocycles. The van der Waals surface area contributed by atoms with Crippen molar-refractivity contribution in [3.05, 3.63) is 28.0 Å². The van der Waals surface area contributed by atoms with Crippen LogP contribution in [0.5, 0.6) is 0 Å². The van der Waals surface area contributed by atoms with Gasteiger partial charge in [-0.25, -0.2) is 4.39 Å². The molecule has 0 bridgehead atoms. The lowest BCUT2D eigenvalue weighted by Crippen LogP contribution is -2.18. The molecule has 0 saturated heterocycles. The van der Waals surface area contributed by atoms with Crippen LogP contribution in [0.15, 0.2) is 16.6 Å². The van der Waals surface area contributed by atoms with Crippen LogP contribution in [-0.4, -0.2) is 5.91 Å². The van der Waals surface area contributed by atoms with Gasteiger partial charge in [0.25, 0.3) is 0 Å². The molecule has 0 spiro atoms. The van der Waals surface area contributed by atoms with Crippen LogP contribution < -0.4 is 5.32 Å². The van der Waals surface area contributed by atoms with Crippen molar-refractivity contribution in [3.8, 4) is 0 Å². The van der Waals surface area contributed by atoms with Gasteiger partial charge in [0.2, 0.25) is 5.91 Å². The summed E-state index contributed by atoms with van der Waals surface area (Å²) in [5.41, 5.74) is 1.59. The summed E-state index contributed by atoms with van der Waals surface area (Å²) in [6.07, 6.45) is 4.51. The van der Waals surface area contributed by atoms with E-state index in [9.17, 15) is 9.18 Å². The van der Waals surface area contributed by atoms with E-state index in [0.29, 0.717) is 10.4 Å². The van der Waals surface area contributed by atoms with Gasteiger partial charge in [0.15, 0.2) is 0 Å². The van der Waals surface area contributed by atoms with Gasteiger partial charge in [0.1, 0.15) is 5.82 Å². The van der Waals surface area contributed by atoms with Gasteiger partial charge in [0.05, 0.1) is 11.6 Å². The number of benzene rings is 1. The Bertz CT molecular complexity index is 483. The number of rotatable bonds is 1. The molecule has 2 nitrogen and oxygen atoms in total. The fraction of sp³-hybridized carbons (Fsp3) is 0.462. The van der Waals surface area contributed by atoms with Crippen LogP contribution in [-0.2, 0) is 4.79 Å². The van der Waals surface area contributed by atoms with E-state index in [0.717, 1.165) is 24.1 Å². The van der Waals surface area contributed by atoms with Gasteiger partial charge in [-0.3, -0.25) is 4.79 Å². The Hall–Kier alpha value is -0.900. The summed E-state index contributed by atoms with van der Waals surface area (Å²) >= 11 is 3.31. The van der Waals surface area contributed by atoms with E-state index in [4.69, 9.17) is 0 Å². The highest BCUT2D eigenvalue weighted by atomic mass is 79.9. The Balaban J connectivity index is 2.05. The van der Waals surface area contributed by atoms with E-state index in [1.807, 2.05) is 0 Å². The number of anilines is 1. The molecule has 1 aromatic carbocycles. The molecule has 1 amide bonds. The summed E-state index contributed by atoms with van der Waals surface area (Å²) in [6.45, 7) is 0. The zero-order valence-corrected chi connectivity index (χ0v) is 10.9. The highest BCUT2D eigenvalue weighted by molar-refractivity contribution is 9.10. The number of carbonyl (C=O) groups excluding carboxylic acids is 1. The van der Waals surface area contributed by atoms with Crippen molar-refractivity contribution in [1.29, 1.82) is 0 Å². The molecule has 0 radical (unpaired) electrons. The number of amides is 1. The first-order chi connectivity index (χ1) is 8.16. The molecule has 2 aliphatic rings. The number of hydrogen-bond donors (Lipinski definition) is 1. The summed E-state index contributed by atoms with van der Waals surface area (Å²) in [7, 11) is 0. The fourth-order valence-electron chi connectivity index (χ4n) is 3.07. The van der Waals surface area contributed by atoms with Gasteiger partial charge in [-0.2, -0.15) is 0 Å². The maximum absolute atomic E-state index is 13.4. The zero-order valence-electron chi connectivity index (χ0n) is 9.30. The van der Waals surface area contributed by atoms with Crippen LogP contribution in [0.1, 0.15) is 37.2 Å². The minimum Gasteiger partial charge on any atom is -0.324 e. The number of hydrogen-bond acceptors (Lipinski definition) is 1. The second-order valence-corrected chi connectivity index (χ2v) is 5.72. The molecular weight excluding hydrogens is 285 g/mol. The second-order valence-electron chi connectivity index (χ2n) is 4.86. The second kappa shape index (κ2) is 4.09. The number of carbonyl (C=O) groups is 1. The third-order valence-corrected chi connectivity index (χ3v) is 4.45. The van der Waals surface area contributed by atoms with Crippen LogP contribution in [0.2, 0.25) is 0 Å². The van der Waals surface area contributed by atoms with Crippen molar-refractivity contribution in [3.63, 3.8) is 0 Å². The van der Waals surface area contributed by atoms with Gasteiger partial charge in [-0.15, -0.1) is 0 Å². The normalized spacial score (nSPS) is 23.9. The van der Waals surface area contributed by atoms with E-state index < -0.39 is 0 Å². The van der Waals surface area contributed by atoms with Gasteiger partial charge < -0.3 is 5.32 Å². The monoisotopic (exact) mass is 297 g/mol. The molecule has 3 rings (SSSR count). The molecule has 90 valence electrons. The third kappa shape index (κ3) is 1.79. The summed E-state index contributed by atoms with van der Waals surface area (Å²) in [5, 5.41) is 2.87. The Morgan fingerprint density at radius 1 is 1.29 bits per heavy atom. The molecule has 1 unspecified atom stereocenters. The summed E-state index contributed by atoms with van der Waals surface area (Å²) < 4.78 is 14.1. The Kier molecular flexibility index (Phi) is 2.69. The number of fused-ring (bicyclic) bond motifs is 1.